The lowest BCUT2D eigenvalue weighted by Gasteiger charge is -2.10. The van der Waals surface area contributed by atoms with Crippen molar-refractivity contribution in [2.45, 2.75) is 34.1 Å². The number of hydrogen-bond donors (Lipinski definition) is 0. The van der Waals surface area contributed by atoms with E-state index in [9.17, 15) is 14.9 Å². The van der Waals surface area contributed by atoms with E-state index in [1.165, 1.54) is 11.0 Å². The first-order chi connectivity index (χ1) is 12.2. The van der Waals surface area contributed by atoms with Gasteiger partial charge in [0.1, 0.15) is 16.9 Å². The Hall–Kier alpha value is -2.89. The number of carbonyl (C=O) groups is 1. The normalized spacial score (nSPS) is 12.1. The van der Waals surface area contributed by atoms with Crippen molar-refractivity contribution in [1.82, 2.24) is 0 Å². The van der Waals surface area contributed by atoms with Crippen molar-refractivity contribution in [1.29, 1.82) is 0 Å². The maximum Gasteiger partial charge on any atom is 0.297 e. The molecule has 0 unspecified atom stereocenters. The monoisotopic (exact) mass is 342 g/mol. The zero-order valence-electron chi connectivity index (χ0n) is 14.9. The summed E-state index contributed by atoms with van der Waals surface area (Å²) in [6, 6.07) is 8.93. The zero-order chi connectivity index (χ0) is 18.6. The highest BCUT2D eigenvalue weighted by Gasteiger charge is 2.32. The molecule has 0 radical (unpaired) electrons. The van der Waals surface area contributed by atoms with Gasteiger partial charge in [0, 0.05) is 17.3 Å². The third kappa shape index (κ3) is 2.95. The summed E-state index contributed by atoms with van der Waals surface area (Å²) in [5.41, 5.74) is 2.32. The number of hydrogen-bond acceptors (Lipinski definition) is 4. The Morgan fingerprint density at radius 1 is 1.16 bits per heavy atom. The summed E-state index contributed by atoms with van der Waals surface area (Å²) in [4.78, 5) is 23.4. The van der Waals surface area contributed by atoms with Crippen molar-refractivity contribution < 1.29 is 14.1 Å². The molecule has 2 heterocycles. The van der Waals surface area contributed by atoms with E-state index in [1.54, 1.807) is 0 Å². The van der Waals surface area contributed by atoms with Crippen molar-refractivity contribution in [2.75, 3.05) is 11.4 Å². The molecule has 0 spiro atoms. The van der Waals surface area contributed by atoms with E-state index in [2.05, 4.69) is 0 Å². The number of nitrogens with zero attached hydrogens (tertiary/aromatic N) is 2. The molecular weight excluding hydrogens is 320 g/mol. The topological polar surface area (TPSA) is 76.6 Å². The van der Waals surface area contributed by atoms with Crippen LogP contribution in [0.2, 0.25) is 0 Å². The molecule has 0 N–H and O–H groups in total. The summed E-state index contributed by atoms with van der Waals surface area (Å²) in [6.45, 7) is 8.46. The Bertz CT molecular complexity index is 915. The van der Waals surface area contributed by atoms with Crippen LogP contribution >= 0.6 is 0 Å². The van der Waals surface area contributed by atoms with E-state index < -0.39 is 4.92 Å². The minimum atomic E-state index is -0.465. The lowest BCUT2D eigenvalue weighted by molar-refractivity contribution is -0.384. The predicted molar refractivity (Wildman–Crippen MR) is 100 cm³/mol. The van der Waals surface area contributed by atoms with Gasteiger partial charge in [-0.25, -0.2) is 0 Å². The molecule has 1 aliphatic rings. The van der Waals surface area contributed by atoms with Gasteiger partial charge in [-0.05, 0) is 18.1 Å². The molecule has 6 heteroatoms. The third-order valence-corrected chi connectivity index (χ3v) is 3.93. The van der Waals surface area contributed by atoms with Crippen molar-refractivity contribution in [3.8, 4) is 0 Å². The van der Waals surface area contributed by atoms with Crippen molar-refractivity contribution in [3.05, 3.63) is 46.0 Å². The molecule has 0 saturated heterocycles. The zero-order valence-corrected chi connectivity index (χ0v) is 14.9. The fourth-order valence-electron chi connectivity index (χ4n) is 3.10. The minimum Gasteiger partial charge on any atom is -0.456 e. The van der Waals surface area contributed by atoms with Crippen LogP contribution in [0.15, 0.2) is 34.7 Å². The second-order valence-corrected chi connectivity index (χ2v) is 5.00. The average molecular weight is 342 g/mol. The number of rotatable bonds is 2. The number of furan rings is 1. The van der Waals surface area contributed by atoms with Crippen LogP contribution in [0.4, 0.5) is 11.4 Å². The van der Waals surface area contributed by atoms with Gasteiger partial charge < -0.3 is 9.32 Å². The highest BCUT2D eigenvalue weighted by Crippen LogP contribution is 2.44. The average Bonchev–Trinajstić information content (AvgIpc) is 3.24. The van der Waals surface area contributed by atoms with Crippen LogP contribution in [0.25, 0.3) is 21.9 Å². The van der Waals surface area contributed by atoms with Crippen LogP contribution < -0.4 is 4.90 Å². The number of fused-ring (bicyclic) bond motifs is 5. The van der Waals surface area contributed by atoms with Gasteiger partial charge >= 0.3 is 0 Å². The SMILES string of the molecule is CC.CC.O=CN1CCc2c1c([N+](=O)[O-])cc1oc3ccccc3c21. The third-order valence-electron chi connectivity index (χ3n) is 3.93. The highest BCUT2D eigenvalue weighted by molar-refractivity contribution is 6.11. The molecule has 0 fully saturated rings. The van der Waals surface area contributed by atoms with E-state index in [4.69, 9.17) is 4.42 Å². The van der Waals surface area contributed by atoms with E-state index in [1.807, 2.05) is 52.0 Å². The van der Waals surface area contributed by atoms with E-state index >= 15 is 0 Å². The fourth-order valence-corrected chi connectivity index (χ4v) is 3.10. The van der Waals surface area contributed by atoms with Crippen LogP contribution in [0.5, 0.6) is 0 Å². The molecule has 6 nitrogen and oxygen atoms in total. The smallest absolute Gasteiger partial charge is 0.297 e. The molecule has 25 heavy (non-hydrogen) atoms. The van der Waals surface area contributed by atoms with E-state index in [0.717, 1.165) is 16.3 Å². The summed E-state index contributed by atoms with van der Waals surface area (Å²) in [5.74, 6) is 0. The lowest BCUT2D eigenvalue weighted by Crippen LogP contribution is -2.18. The van der Waals surface area contributed by atoms with E-state index in [0.29, 0.717) is 36.2 Å². The van der Waals surface area contributed by atoms with Gasteiger partial charge in [0.2, 0.25) is 6.41 Å². The van der Waals surface area contributed by atoms with Gasteiger partial charge in [0.15, 0.2) is 0 Å². The Labute approximate surface area is 146 Å². The van der Waals surface area contributed by atoms with Crippen molar-refractivity contribution in [2.24, 2.45) is 0 Å². The Balaban J connectivity index is 0.000000528. The second kappa shape index (κ2) is 7.79. The number of nitro benzene ring substituents is 1. The van der Waals surface area contributed by atoms with Crippen LogP contribution in [0.1, 0.15) is 33.3 Å². The summed E-state index contributed by atoms with van der Waals surface area (Å²) >= 11 is 0. The molecule has 1 aliphatic heterocycles. The number of carbonyl (C=O) groups excluding carboxylic acids is 1. The molecule has 1 aromatic heterocycles. The molecule has 0 bridgehead atoms. The molecule has 0 saturated carbocycles. The standard InChI is InChI=1S/C15H10N2O4.2C2H6/c18-8-16-6-5-10-14-9-3-1-2-4-12(9)21-13(14)7-11(15(10)16)17(19)20;2*1-2/h1-4,7-8H,5-6H2;2*1-2H3. The Morgan fingerprint density at radius 3 is 2.48 bits per heavy atom. The number of amides is 1. The Morgan fingerprint density at radius 2 is 1.84 bits per heavy atom. The van der Waals surface area contributed by atoms with Gasteiger partial charge in [-0.1, -0.05) is 45.9 Å². The highest BCUT2D eigenvalue weighted by atomic mass is 16.6. The number of anilines is 1. The molecule has 2 aromatic carbocycles. The molecular formula is C19H22N2O4. The summed E-state index contributed by atoms with van der Waals surface area (Å²) < 4.78 is 5.73. The van der Waals surface area contributed by atoms with E-state index in [-0.39, 0.29) is 5.69 Å². The second-order valence-electron chi connectivity index (χ2n) is 5.00. The summed E-state index contributed by atoms with van der Waals surface area (Å²) in [5, 5.41) is 13.1. The summed E-state index contributed by atoms with van der Waals surface area (Å²) in [6.07, 6.45) is 1.24. The van der Waals surface area contributed by atoms with Gasteiger partial charge in [-0.3, -0.25) is 14.9 Å². The van der Waals surface area contributed by atoms with Gasteiger partial charge in [0.05, 0.1) is 11.0 Å². The minimum absolute atomic E-state index is 0.0823. The van der Waals surface area contributed by atoms with Gasteiger partial charge in [-0.15, -0.1) is 0 Å². The van der Waals surface area contributed by atoms with Crippen LogP contribution in [-0.2, 0) is 11.2 Å². The number of nitro groups is 1. The van der Waals surface area contributed by atoms with Crippen LogP contribution in [0, 0.1) is 10.1 Å². The first-order valence-corrected chi connectivity index (χ1v) is 8.54. The number of para-hydroxylation sites is 1. The largest absolute Gasteiger partial charge is 0.456 e. The molecule has 132 valence electrons. The van der Waals surface area contributed by atoms with Crippen LogP contribution in [0.3, 0.4) is 0 Å². The Kier molecular flexibility index (Phi) is 5.75. The molecule has 0 aliphatic carbocycles. The quantitative estimate of drug-likeness (QED) is 0.370. The fraction of sp³-hybridized carbons (Fsp3) is 0.316. The molecule has 3 aromatic rings. The number of benzene rings is 2. The summed E-state index contributed by atoms with van der Waals surface area (Å²) in [7, 11) is 0. The van der Waals surface area contributed by atoms with Crippen molar-refractivity contribution >= 4 is 39.7 Å². The first kappa shape index (κ1) is 18.4. The predicted octanol–water partition coefficient (Wildman–Crippen LogP) is 5.07. The lowest BCUT2D eigenvalue weighted by atomic mass is 10.0. The molecule has 1 amide bonds. The maximum absolute atomic E-state index is 11.3. The first-order valence-electron chi connectivity index (χ1n) is 8.54. The maximum atomic E-state index is 11.3. The van der Waals surface area contributed by atoms with Crippen LogP contribution in [-0.4, -0.2) is 17.9 Å². The van der Waals surface area contributed by atoms with Gasteiger partial charge in [0.25, 0.3) is 5.69 Å². The molecule has 0 atom stereocenters. The van der Waals surface area contributed by atoms with Crippen molar-refractivity contribution in [3.63, 3.8) is 0 Å². The molecule has 4 rings (SSSR count). The van der Waals surface area contributed by atoms with Gasteiger partial charge in [-0.2, -0.15) is 0 Å².